The summed E-state index contributed by atoms with van der Waals surface area (Å²) in [6, 6.07) is 3.16. The van der Waals surface area contributed by atoms with E-state index < -0.39 is 0 Å². The summed E-state index contributed by atoms with van der Waals surface area (Å²) in [5, 5.41) is 4.35. The van der Waals surface area contributed by atoms with Crippen LogP contribution < -0.4 is 5.73 Å². The molecule has 0 radical (unpaired) electrons. The van der Waals surface area contributed by atoms with E-state index in [4.69, 9.17) is 10.5 Å². The molecule has 0 aliphatic carbocycles. The van der Waals surface area contributed by atoms with Crippen LogP contribution in [0.2, 0.25) is 0 Å². The molecule has 0 amide bonds. The molecule has 0 saturated carbocycles. The largest absolute Gasteiger partial charge is 0.383 e. The van der Waals surface area contributed by atoms with E-state index in [1.54, 1.807) is 18.4 Å². The smallest absolute Gasteiger partial charge is 0.0590 e. The van der Waals surface area contributed by atoms with Crippen molar-refractivity contribution in [2.75, 3.05) is 20.3 Å². The van der Waals surface area contributed by atoms with Crippen molar-refractivity contribution >= 4 is 11.3 Å². The zero-order valence-electron chi connectivity index (χ0n) is 12.6. The SMILES string of the molecule is CCC(CC)N(CCOC)C(c1ccsc1)C(C)N. The molecule has 0 spiro atoms. The number of ether oxygens (including phenoxy) is 1. The average Bonchev–Trinajstić information content (AvgIpc) is 2.90. The van der Waals surface area contributed by atoms with Gasteiger partial charge in [0, 0.05) is 25.7 Å². The van der Waals surface area contributed by atoms with Gasteiger partial charge in [0.2, 0.25) is 0 Å². The number of hydrogen-bond acceptors (Lipinski definition) is 4. The topological polar surface area (TPSA) is 38.5 Å². The molecule has 0 aliphatic rings. The van der Waals surface area contributed by atoms with E-state index in [1.807, 2.05) is 0 Å². The quantitative estimate of drug-likeness (QED) is 0.756. The van der Waals surface area contributed by atoms with Crippen LogP contribution in [0.25, 0.3) is 0 Å². The summed E-state index contributed by atoms with van der Waals surface area (Å²) in [6.45, 7) is 8.29. The summed E-state index contributed by atoms with van der Waals surface area (Å²) in [6.07, 6.45) is 2.29. The molecule has 0 aromatic carbocycles. The van der Waals surface area contributed by atoms with Gasteiger partial charge in [0.15, 0.2) is 0 Å². The summed E-state index contributed by atoms with van der Waals surface area (Å²) < 4.78 is 5.28. The molecule has 110 valence electrons. The Bertz CT molecular complexity index is 323. The van der Waals surface area contributed by atoms with Crippen molar-refractivity contribution in [3.8, 4) is 0 Å². The van der Waals surface area contributed by atoms with Crippen molar-refractivity contribution in [1.82, 2.24) is 4.90 Å². The van der Waals surface area contributed by atoms with Gasteiger partial charge in [-0.1, -0.05) is 13.8 Å². The summed E-state index contributed by atoms with van der Waals surface area (Å²) in [5.74, 6) is 0. The molecule has 0 fully saturated rings. The maximum atomic E-state index is 6.27. The fourth-order valence-corrected chi connectivity index (χ4v) is 3.43. The number of nitrogens with two attached hydrogens (primary N) is 1. The van der Waals surface area contributed by atoms with Crippen molar-refractivity contribution in [2.45, 2.75) is 51.7 Å². The van der Waals surface area contributed by atoms with Gasteiger partial charge in [0.25, 0.3) is 0 Å². The lowest BCUT2D eigenvalue weighted by atomic mass is 9.98. The highest BCUT2D eigenvalue weighted by molar-refractivity contribution is 7.07. The van der Waals surface area contributed by atoms with Crippen molar-refractivity contribution in [1.29, 1.82) is 0 Å². The molecule has 0 aliphatic heterocycles. The monoisotopic (exact) mass is 284 g/mol. The van der Waals surface area contributed by atoms with E-state index in [2.05, 4.69) is 42.5 Å². The minimum absolute atomic E-state index is 0.118. The molecule has 2 atom stereocenters. The summed E-state index contributed by atoms with van der Waals surface area (Å²) in [5.41, 5.74) is 7.61. The highest BCUT2D eigenvalue weighted by atomic mass is 32.1. The zero-order chi connectivity index (χ0) is 14.3. The van der Waals surface area contributed by atoms with Crippen LogP contribution in [-0.4, -0.2) is 37.2 Å². The normalized spacial score (nSPS) is 15.1. The number of methoxy groups -OCH3 is 1. The minimum Gasteiger partial charge on any atom is -0.383 e. The van der Waals surface area contributed by atoms with E-state index in [0.717, 1.165) is 26.0 Å². The first-order valence-electron chi connectivity index (χ1n) is 7.18. The van der Waals surface area contributed by atoms with Crippen molar-refractivity contribution in [3.63, 3.8) is 0 Å². The molecule has 4 heteroatoms. The first kappa shape index (κ1) is 16.6. The highest BCUT2D eigenvalue weighted by Gasteiger charge is 2.28. The van der Waals surface area contributed by atoms with Crippen LogP contribution in [-0.2, 0) is 4.74 Å². The van der Waals surface area contributed by atoms with Gasteiger partial charge in [0.05, 0.1) is 12.6 Å². The van der Waals surface area contributed by atoms with Crippen LogP contribution in [0.5, 0.6) is 0 Å². The third kappa shape index (κ3) is 4.56. The maximum absolute atomic E-state index is 6.27. The van der Waals surface area contributed by atoms with Crippen LogP contribution in [0.3, 0.4) is 0 Å². The van der Waals surface area contributed by atoms with Crippen LogP contribution in [0.15, 0.2) is 16.8 Å². The second-order valence-corrected chi connectivity index (χ2v) is 5.84. The Morgan fingerprint density at radius 2 is 2.05 bits per heavy atom. The second-order valence-electron chi connectivity index (χ2n) is 5.06. The van der Waals surface area contributed by atoms with Gasteiger partial charge in [-0.3, -0.25) is 4.90 Å². The molecule has 3 nitrogen and oxygen atoms in total. The molecule has 2 N–H and O–H groups in total. The molecular weight excluding hydrogens is 256 g/mol. The number of rotatable bonds is 9. The molecule has 1 aromatic rings. The van der Waals surface area contributed by atoms with E-state index in [-0.39, 0.29) is 12.1 Å². The Balaban J connectivity index is 2.96. The summed E-state index contributed by atoms with van der Waals surface area (Å²) in [4.78, 5) is 2.52. The molecule has 1 rings (SSSR count). The Morgan fingerprint density at radius 1 is 1.37 bits per heavy atom. The lowest BCUT2D eigenvalue weighted by molar-refractivity contribution is 0.0704. The zero-order valence-corrected chi connectivity index (χ0v) is 13.5. The van der Waals surface area contributed by atoms with Crippen molar-refractivity contribution < 1.29 is 4.74 Å². The van der Waals surface area contributed by atoms with Crippen molar-refractivity contribution in [3.05, 3.63) is 22.4 Å². The summed E-state index contributed by atoms with van der Waals surface area (Å²) in [7, 11) is 1.76. The van der Waals surface area contributed by atoms with E-state index in [0.29, 0.717) is 6.04 Å². The molecule has 1 aromatic heterocycles. The first-order valence-corrected chi connectivity index (χ1v) is 8.12. The number of nitrogens with zero attached hydrogens (tertiary/aromatic N) is 1. The fraction of sp³-hybridized carbons (Fsp3) is 0.733. The van der Waals surface area contributed by atoms with Gasteiger partial charge in [-0.25, -0.2) is 0 Å². The summed E-state index contributed by atoms with van der Waals surface area (Å²) >= 11 is 1.74. The average molecular weight is 284 g/mol. The van der Waals surface area contributed by atoms with Crippen LogP contribution in [0.1, 0.15) is 45.2 Å². The van der Waals surface area contributed by atoms with Gasteiger partial charge in [-0.2, -0.15) is 11.3 Å². The Hall–Kier alpha value is -0.420. The van der Waals surface area contributed by atoms with Gasteiger partial charge >= 0.3 is 0 Å². The number of thiophene rings is 1. The molecule has 2 unspecified atom stereocenters. The van der Waals surface area contributed by atoms with Crippen LogP contribution in [0.4, 0.5) is 0 Å². The fourth-order valence-electron chi connectivity index (χ4n) is 2.74. The lowest BCUT2D eigenvalue weighted by Crippen LogP contribution is -2.46. The van der Waals surface area contributed by atoms with Crippen LogP contribution >= 0.6 is 11.3 Å². The predicted molar refractivity (Wildman–Crippen MR) is 83.7 cm³/mol. The Kier molecular flexibility index (Phi) is 7.61. The minimum atomic E-state index is 0.118. The second kappa shape index (κ2) is 8.69. The van der Waals surface area contributed by atoms with Crippen molar-refractivity contribution in [2.24, 2.45) is 5.73 Å². The van der Waals surface area contributed by atoms with E-state index >= 15 is 0 Å². The van der Waals surface area contributed by atoms with E-state index in [1.165, 1.54) is 5.56 Å². The van der Waals surface area contributed by atoms with Gasteiger partial charge in [-0.05, 0) is 42.2 Å². The Labute approximate surface area is 121 Å². The van der Waals surface area contributed by atoms with Crippen LogP contribution in [0, 0.1) is 0 Å². The molecule has 1 heterocycles. The highest BCUT2D eigenvalue weighted by Crippen LogP contribution is 2.29. The van der Waals surface area contributed by atoms with Gasteiger partial charge < -0.3 is 10.5 Å². The molecule has 0 saturated heterocycles. The molecule has 0 bridgehead atoms. The van der Waals surface area contributed by atoms with E-state index in [9.17, 15) is 0 Å². The predicted octanol–water partition coefficient (Wildman–Crippen LogP) is 3.27. The number of hydrogen-bond donors (Lipinski definition) is 1. The third-order valence-corrected chi connectivity index (χ3v) is 4.41. The third-order valence-electron chi connectivity index (χ3n) is 3.71. The first-order chi connectivity index (χ1) is 9.15. The Morgan fingerprint density at radius 3 is 2.47 bits per heavy atom. The lowest BCUT2D eigenvalue weighted by Gasteiger charge is -2.39. The van der Waals surface area contributed by atoms with Gasteiger partial charge in [-0.15, -0.1) is 0 Å². The van der Waals surface area contributed by atoms with Gasteiger partial charge in [0.1, 0.15) is 0 Å². The standard InChI is InChI=1S/C15H28N2OS/c1-5-14(6-2)17(8-9-18-4)15(12(3)16)13-7-10-19-11-13/h7,10-12,14-15H,5-6,8-9,16H2,1-4H3. The molecule has 19 heavy (non-hydrogen) atoms. The maximum Gasteiger partial charge on any atom is 0.0590 e. The molecular formula is C15H28N2OS.